The maximum Gasteiger partial charge on any atom is 0.191 e. The Kier molecular flexibility index (Phi) is 13.7. The zero-order chi connectivity index (χ0) is 21.1. The Morgan fingerprint density at radius 3 is 2.57 bits per heavy atom. The van der Waals surface area contributed by atoms with E-state index in [0.29, 0.717) is 29.5 Å². The average molecular weight is 553 g/mol. The molecule has 1 aromatic carbocycles. The number of aliphatic imine (C=N–C) groups is 1. The summed E-state index contributed by atoms with van der Waals surface area (Å²) in [7, 11) is 0. The molecule has 172 valence electrons. The molecule has 6 nitrogen and oxygen atoms in total. The number of ether oxygens (including phenoxy) is 2. The van der Waals surface area contributed by atoms with E-state index in [4.69, 9.17) is 26.1 Å². The molecule has 1 heterocycles. The first-order chi connectivity index (χ1) is 14.0. The van der Waals surface area contributed by atoms with Crippen LogP contribution < -0.4 is 15.4 Å². The summed E-state index contributed by atoms with van der Waals surface area (Å²) in [4.78, 5) is 7.19. The standard InChI is InChI=1S/C22H37ClN4O2.HI/c1-5-24-22(25-16-18(4)29-21-9-7-6-8-20(21)23)26-19-10-12-27(13-11-19)14-15-28-17(2)3;/h6-9,17-19H,5,10-16H2,1-4H3,(H2,24,25,26);1H. The molecule has 0 bridgehead atoms. The summed E-state index contributed by atoms with van der Waals surface area (Å²) >= 11 is 6.17. The van der Waals surface area contributed by atoms with E-state index in [1.807, 2.05) is 31.2 Å². The van der Waals surface area contributed by atoms with Crippen molar-refractivity contribution in [3.63, 3.8) is 0 Å². The lowest BCUT2D eigenvalue weighted by atomic mass is 10.1. The number of hydrogen-bond donors (Lipinski definition) is 2. The van der Waals surface area contributed by atoms with E-state index in [1.165, 1.54) is 0 Å². The summed E-state index contributed by atoms with van der Waals surface area (Å²) < 4.78 is 11.6. The predicted molar refractivity (Wildman–Crippen MR) is 137 cm³/mol. The number of halogens is 2. The lowest BCUT2D eigenvalue weighted by Gasteiger charge is -2.33. The van der Waals surface area contributed by atoms with Gasteiger partial charge in [-0.1, -0.05) is 23.7 Å². The molecule has 1 fully saturated rings. The van der Waals surface area contributed by atoms with Crippen molar-refractivity contribution < 1.29 is 9.47 Å². The maximum atomic E-state index is 6.17. The molecule has 0 spiro atoms. The van der Waals surface area contributed by atoms with Crippen LogP contribution in [0.5, 0.6) is 5.75 Å². The fraction of sp³-hybridized carbons (Fsp3) is 0.682. The predicted octanol–water partition coefficient (Wildman–Crippen LogP) is 4.17. The van der Waals surface area contributed by atoms with Crippen LogP contribution in [0, 0.1) is 0 Å². The number of para-hydroxylation sites is 1. The monoisotopic (exact) mass is 552 g/mol. The van der Waals surface area contributed by atoms with Crippen LogP contribution in [0.15, 0.2) is 29.3 Å². The van der Waals surface area contributed by atoms with Gasteiger partial charge < -0.3 is 25.0 Å². The van der Waals surface area contributed by atoms with Gasteiger partial charge >= 0.3 is 0 Å². The Balaban J connectivity index is 0.00000450. The van der Waals surface area contributed by atoms with Gasteiger partial charge in [0.15, 0.2) is 5.96 Å². The summed E-state index contributed by atoms with van der Waals surface area (Å²) in [6.45, 7) is 13.6. The van der Waals surface area contributed by atoms with Gasteiger partial charge in [-0.3, -0.25) is 0 Å². The van der Waals surface area contributed by atoms with E-state index in [0.717, 1.165) is 51.6 Å². The van der Waals surface area contributed by atoms with Gasteiger partial charge in [0, 0.05) is 32.2 Å². The van der Waals surface area contributed by atoms with Crippen LogP contribution in [-0.2, 0) is 4.74 Å². The fourth-order valence-corrected chi connectivity index (χ4v) is 3.43. The third-order valence-electron chi connectivity index (χ3n) is 4.80. The second-order valence-electron chi connectivity index (χ2n) is 7.76. The van der Waals surface area contributed by atoms with E-state index < -0.39 is 0 Å². The van der Waals surface area contributed by atoms with E-state index in [9.17, 15) is 0 Å². The highest BCUT2D eigenvalue weighted by Crippen LogP contribution is 2.24. The number of rotatable bonds is 10. The number of nitrogens with one attached hydrogen (secondary N) is 2. The molecule has 30 heavy (non-hydrogen) atoms. The Morgan fingerprint density at radius 2 is 1.93 bits per heavy atom. The number of likely N-dealkylation sites (tertiary alicyclic amines) is 1. The first-order valence-corrected chi connectivity index (χ1v) is 11.2. The highest BCUT2D eigenvalue weighted by molar-refractivity contribution is 14.0. The molecule has 1 unspecified atom stereocenters. The van der Waals surface area contributed by atoms with Crippen molar-refractivity contribution in [3.05, 3.63) is 29.3 Å². The quantitative estimate of drug-likeness (QED) is 0.259. The number of benzene rings is 1. The van der Waals surface area contributed by atoms with Gasteiger partial charge in [-0.15, -0.1) is 24.0 Å². The van der Waals surface area contributed by atoms with Crippen molar-refractivity contribution in [2.75, 3.05) is 39.3 Å². The van der Waals surface area contributed by atoms with Gasteiger partial charge in [-0.05, 0) is 52.7 Å². The highest BCUT2D eigenvalue weighted by Gasteiger charge is 2.20. The van der Waals surface area contributed by atoms with Crippen LogP contribution in [0.25, 0.3) is 0 Å². The van der Waals surface area contributed by atoms with Crippen LogP contribution in [0.4, 0.5) is 0 Å². The van der Waals surface area contributed by atoms with Gasteiger partial charge in [0.05, 0.1) is 24.3 Å². The zero-order valence-corrected chi connectivity index (χ0v) is 21.8. The topological polar surface area (TPSA) is 58.1 Å². The minimum Gasteiger partial charge on any atom is -0.487 e. The number of nitrogens with zero attached hydrogens (tertiary/aromatic N) is 2. The fourth-order valence-electron chi connectivity index (χ4n) is 3.25. The van der Waals surface area contributed by atoms with Crippen molar-refractivity contribution in [1.82, 2.24) is 15.5 Å². The first kappa shape index (κ1) is 27.3. The van der Waals surface area contributed by atoms with E-state index in [-0.39, 0.29) is 30.1 Å². The van der Waals surface area contributed by atoms with Crippen LogP contribution in [-0.4, -0.2) is 68.4 Å². The Labute approximate surface area is 204 Å². The smallest absolute Gasteiger partial charge is 0.191 e. The summed E-state index contributed by atoms with van der Waals surface area (Å²) in [6, 6.07) is 7.97. The number of hydrogen-bond acceptors (Lipinski definition) is 4. The first-order valence-electron chi connectivity index (χ1n) is 10.8. The SMILES string of the molecule is CCNC(=NCC(C)Oc1ccccc1Cl)NC1CCN(CCOC(C)C)CC1.I. The van der Waals surface area contributed by atoms with Crippen LogP contribution in [0.3, 0.4) is 0 Å². The molecule has 1 aliphatic rings. The van der Waals surface area contributed by atoms with Crippen LogP contribution in [0.1, 0.15) is 40.5 Å². The summed E-state index contributed by atoms with van der Waals surface area (Å²) in [5.74, 6) is 1.55. The maximum absolute atomic E-state index is 6.17. The van der Waals surface area contributed by atoms with Gasteiger partial charge in [-0.25, -0.2) is 4.99 Å². The van der Waals surface area contributed by atoms with Crippen molar-refractivity contribution in [3.8, 4) is 5.75 Å². The summed E-state index contributed by atoms with van der Waals surface area (Å²) in [5.41, 5.74) is 0. The molecule has 2 N–H and O–H groups in total. The molecular weight excluding hydrogens is 515 g/mol. The van der Waals surface area contributed by atoms with Crippen LogP contribution >= 0.6 is 35.6 Å². The van der Waals surface area contributed by atoms with Crippen LogP contribution in [0.2, 0.25) is 5.02 Å². The second-order valence-corrected chi connectivity index (χ2v) is 8.17. The van der Waals surface area contributed by atoms with E-state index >= 15 is 0 Å². The van der Waals surface area contributed by atoms with Crippen molar-refractivity contribution in [1.29, 1.82) is 0 Å². The minimum atomic E-state index is -0.0619. The molecule has 2 rings (SSSR count). The number of piperidine rings is 1. The number of guanidine groups is 1. The highest BCUT2D eigenvalue weighted by atomic mass is 127. The third-order valence-corrected chi connectivity index (χ3v) is 5.11. The largest absolute Gasteiger partial charge is 0.487 e. The molecule has 0 saturated carbocycles. The zero-order valence-electron chi connectivity index (χ0n) is 18.7. The molecule has 1 aliphatic heterocycles. The molecule has 0 aliphatic carbocycles. The second kappa shape index (κ2) is 15.1. The molecule has 0 aromatic heterocycles. The molecule has 8 heteroatoms. The van der Waals surface area contributed by atoms with E-state index in [1.54, 1.807) is 0 Å². The van der Waals surface area contributed by atoms with Gasteiger partial charge in [0.2, 0.25) is 0 Å². The molecular formula is C22H38ClIN4O2. The third kappa shape index (κ3) is 10.5. The normalized spacial score (nSPS) is 16.8. The Hall–Kier alpha value is -0.770. The van der Waals surface area contributed by atoms with E-state index in [2.05, 4.69) is 36.3 Å². The lowest BCUT2D eigenvalue weighted by Crippen LogP contribution is -2.49. The molecule has 1 atom stereocenters. The summed E-state index contributed by atoms with van der Waals surface area (Å²) in [5, 5.41) is 7.55. The van der Waals surface area contributed by atoms with Crippen molar-refractivity contribution >= 4 is 41.5 Å². The van der Waals surface area contributed by atoms with Gasteiger partial charge in [0.25, 0.3) is 0 Å². The molecule has 1 aromatic rings. The van der Waals surface area contributed by atoms with Gasteiger partial charge in [-0.2, -0.15) is 0 Å². The van der Waals surface area contributed by atoms with Crippen molar-refractivity contribution in [2.24, 2.45) is 4.99 Å². The van der Waals surface area contributed by atoms with Crippen molar-refractivity contribution in [2.45, 2.75) is 58.8 Å². The molecule has 0 amide bonds. The lowest BCUT2D eigenvalue weighted by molar-refractivity contribution is 0.0532. The Bertz CT molecular complexity index is 625. The Morgan fingerprint density at radius 1 is 1.23 bits per heavy atom. The average Bonchev–Trinajstić information content (AvgIpc) is 2.69. The molecule has 1 saturated heterocycles. The molecule has 0 radical (unpaired) electrons. The minimum absolute atomic E-state index is 0. The van der Waals surface area contributed by atoms with Gasteiger partial charge in [0.1, 0.15) is 11.9 Å². The summed E-state index contributed by atoms with van der Waals surface area (Å²) in [6.07, 6.45) is 2.46.